The molecule has 0 spiro atoms. The van der Waals surface area contributed by atoms with Crippen LogP contribution in [0.3, 0.4) is 0 Å². The van der Waals surface area contributed by atoms with E-state index in [1.807, 2.05) is 24.0 Å². The zero-order chi connectivity index (χ0) is 14.8. The summed E-state index contributed by atoms with van der Waals surface area (Å²) in [5, 5.41) is 8.79. The van der Waals surface area contributed by atoms with Crippen molar-refractivity contribution in [3.05, 3.63) is 35.4 Å². The molecule has 0 aromatic heterocycles. The number of benzene rings is 1. The van der Waals surface area contributed by atoms with Crippen LogP contribution in [0.5, 0.6) is 0 Å². The van der Waals surface area contributed by atoms with Gasteiger partial charge in [-0.1, -0.05) is 12.1 Å². The number of carbonyl (C=O) groups excluding carboxylic acids is 1. The molecule has 1 saturated carbocycles. The lowest BCUT2D eigenvalue weighted by Gasteiger charge is -2.31. The van der Waals surface area contributed by atoms with Gasteiger partial charge in [-0.05, 0) is 37.5 Å². The summed E-state index contributed by atoms with van der Waals surface area (Å²) in [7, 11) is 0. The molecule has 1 aliphatic heterocycles. The first-order chi connectivity index (χ1) is 10.2. The van der Waals surface area contributed by atoms with Crippen LogP contribution in [-0.2, 0) is 16.0 Å². The Bertz CT molecular complexity index is 561. The molecule has 0 N–H and O–H groups in total. The lowest BCUT2D eigenvalue weighted by atomic mass is 10.0. The van der Waals surface area contributed by atoms with Gasteiger partial charge in [0.05, 0.1) is 24.2 Å². The second kappa shape index (κ2) is 5.87. The summed E-state index contributed by atoms with van der Waals surface area (Å²) in [5.41, 5.74) is 1.61. The number of fused-ring (bicyclic) bond motifs is 2. The molecular weight excluding hydrogens is 264 g/mol. The van der Waals surface area contributed by atoms with Crippen LogP contribution in [0, 0.1) is 17.2 Å². The predicted octanol–water partition coefficient (Wildman–Crippen LogP) is 2.13. The third-order valence-corrected chi connectivity index (χ3v) is 4.62. The number of piperidine rings is 1. The summed E-state index contributed by atoms with van der Waals surface area (Å²) in [6.07, 6.45) is 2.84. The Labute approximate surface area is 125 Å². The molecule has 2 aliphatic rings. The summed E-state index contributed by atoms with van der Waals surface area (Å²) in [6.45, 7) is 3.62. The van der Waals surface area contributed by atoms with Crippen LogP contribution < -0.4 is 0 Å². The van der Waals surface area contributed by atoms with Gasteiger partial charge in [0.15, 0.2) is 0 Å². The largest absolute Gasteiger partial charge is 0.378 e. The van der Waals surface area contributed by atoms with Crippen LogP contribution in [0.15, 0.2) is 24.3 Å². The second-order valence-electron chi connectivity index (χ2n) is 5.91. The highest BCUT2D eigenvalue weighted by atomic mass is 16.5. The minimum atomic E-state index is 0.196. The maximum atomic E-state index is 12.4. The van der Waals surface area contributed by atoms with Crippen molar-refractivity contribution >= 4 is 5.91 Å². The fourth-order valence-electron chi connectivity index (χ4n) is 3.60. The van der Waals surface area contributed by atoms with Crippen molar-refractivity contribution in [2.24, 2.45) is 5.92 Å². The van der Waals surface area contributed by atoms with Gasteiger partial charge in [0.25, 0.3) is 0 Å². The minimum absolute atomic E-state index is 0.196. The summed E-state index contributed by atoms with van der Waals surface area (Å²) in [6, 6.07) is 9.72. The summed E-state index contributed by atoms with van der Waals surface area (Å²) >= 11 is 0. The van der Waals surface area contributed by atoms with Crippen molar-refractivity contribution < 1.29 is 9.53 Å². The first-order valence-corrected chi connectivity index (χ1v) is 7.61. The molecule has 3 atom stereocenters. The number of hydrogen-bond donors (Lipinski definition) is 0. The maximum Gasteiger partial charge on any atom is 0.227 e. The van der Waals surface area contributed by atoms with Crippen LogP contribution in [0.25, 0.3) is 0 Å². The van der Waals surface area contributed by atoms with Gasteiger partial charge in [-0.3, -0.25) is 4.79 Å². The van der Waals surface area contributed by atoms with Crippen LogP contribution >= 0.6 is 0 Å². The molecule has 4 heteroatoms. The molecule has 1 aliphatic carbocycles. The van der Waals surface area contributed by atoms with Gasteiger partial charge in [0.1, 0.15) is 0 Å². The molecule has 3 rings (SSSR count). The van der Waals surface area contributed by atoms with Crippen molar-refractivity contribution in [1.82, 2.24) is 4.90 Å². The Morgan fingerprint density at radius 2 is 2.14 bits per heavy atom. The quantitative estimate of drug-likeness (QED) is 0.851. The normalized spacial score (nSPS) is 26.9. The molecule has 2 bridgehead atoms. The zero-order valence-corrected chi connectivity index (χ0v) is 12.3. The van der Waals surface area contributed by atoms with Gasteiger partial charge in [0.2, 0.25) is 5.91 Å². The zero-order valence-electron chi connectivity index (χ0n) is 12.3. The molecule has 2 fully saturated rings. The maximum absolute atomic E-state index is 12.4. The number of ether oxygens (including phenoxy) is 1. The average molecular weight is 284 g/mol. The van der Waals surface area contributed by atoms with Crippen molar-refractivity contribution in [3.8, 4) is 6.07 Å². The molecule has 1 saturated heterocycles. The number of carbonyl (C=O) groups is 1. The third-order valence-electron chi connectivity index (χ3n) is 4.62. The molecule has 1 heterocycles. The summed E-state index contributed by atoms with van der Waals surface area (Å²) in [4.78, 5) is 14.5. The van der Waals surface area contributed by atoms with Crippen LogP contribution in [-0.4, -0.2) is 36.1 Å². The topological polar surface area (TPSA) is 53.3 Å². The SMILES string of the molecule is CCO[C@H]1CC2CC1CN2C(=O)Cc1ccc(C#N)cc1. The van der Waals surface area contributed by atoms with E-state index in [9.17, 15) is 4.79 Å². The molecule has 1 aromatic carbocycles. The fraction of sp³-hybridized carbons (Fsp3) is 0.529. The highest BCUT2D eigenvalue weighted by Crippen LogP contribution is 2.39. The van der Waals surface area contributed by atoms with Crippen LogP contribution in [0.4, 0.5) is 0 Å². The Balaban J connectivity index is 1.59. The van der Waals surface area contributed by atoms with E-state index >= 15 is 0 Å². The molecule has 2 unspecified atom stereocenters. The Morgan fingerprint density at radius 1 is 1.38 bits per heavy atom. The van der Waals surface area contributed by atoms with E-state index in [1.54, 1.807) is 12.1 Å². The number of nitriles is 1. The lowest BCUT2D eigenvalue weighted by molar-refractivity contribution is -0.133. The van der Waals surface area contributed by atoms with Crippen LogP contribution in [0.1, 0.15) is 30.9 Å². The molecule has 1 amide bonds. The molecule has 4 nitrogen and oxygen atoms in total. The van der Waals surface area contributed by atoms with E-state index in [4.69, 9.17) is 10.00 Å². The predicted molar refractivity (Wildman–Crippen MR) is 78.5 cm³/mol. The third kappa shape index (κ3) is 2.79. The Morgan fingerprint density at radius 3 is 2.71 bits per heavy atom. The van der Waals surface area contributed by atoms with E-state index in [1.165, 1.54) is 0 Å². The second-order valence-corrected chi connectivity index (χ2v) is 5.91. The average Bonchev–Trinajstić information content (AvgIpc) is 3.08. The van der Waals surface area contributed by atoms with Crippen molar-refractivity contribution in [2.75, 3.05) is 13.2 Å². The van der Waals surface area contributed by atoms with Crippen molar-refractivity contribution in [2.45, 2.75) is 38.3 Å². The molecule has 21 heavy (non-hydrogen) atoms. The van der Waals surface area contributed by atoms with E-state index in [0.717, 1.165) is 31.6 Å². The van der Waals surface area contributed by atoms with E-state index < -0.39 is 0 Å². The smallest absolute Gasteiger partial charge is 0.227 e. The first-order valence-electron chi connectivity index (χ1n) is 7.61. The van der Waals surface area contributed by atoms with Gasteiger partial charge in [0, 0.05) is 25.1 Å². The van der Waals surface area contributed by atoms with Gasteiger partial charge in [-0.15, -0.1) is 0 Å². The molecule has 0 radical (unpaired) electrons. The molecular formula is C17H20N2O2. The number of rotatable bonds is 4. The minimum Gasteiger partial charge on any atom is -0.378 e. The van der Waals surface area contributed by atoms with Gasteiger partial charge >= 0.3 is 0 Å². The Kier molecular flexibility index (Phi) is 3.94. The number of hydrogen-bond acceptors (Lipinski definition) is 3. The van der Waals surface area contributed by atoms with Crippen molar-refractivity contribution in [1.29, 1.82) is 5.26 Å². The Hall–Kier alpha value is -1.86. The molecule has 1 aromatic rings. The number of likely N-dealkylation sites (tertiary alicyclic amines) is 1. The van der Waals surface area contributed by atoms with Gasteiger partial charge < -0.3 is 9.64 Å². The van der Waals surface area contributed by atoms with E-state index in [0.29, 0.717) is 30.0 Å². The number of nitrogens with zero attached hydrogens (tertiary/aromatic N) is 2. The lowest BCUT2D eigenvalue weighted by Crippen LogP contribution is -2.43. The summed E-state index contributed by atoms with van der Waals surface area (Å²) < 4.78 is 5.74. The van der Waals surface area contributed by atoms with Gasteiger partial charge in [-0.25, -0.2) is 0 Å². The summed E-state index contributed by atoms with van der Waals surface area (Å²) in [5.74, 6) is 0.710. The van der Waals surface area contributed by atoms with Crippen LogP contribution in [0.2, 0.25) is 0 Å². The van der Waals surface area contributed by atoms with E-state index in [-0.39, 0.29) is 5.91 Å². The monoisotopic (exact) mass is 284 g/mol. The highest BCUT2D eigenvalue weighted by Gasteiger charge is 2.46. The first kappa shape index (κ1) is 14.1. The fourth-order valence-corrected chi connectivity index (χ4v) is 3.60. The van der Waals surface area contributed by atoms with E-state index in [2.05, 4.69) is 6.07 Å². The molecule has 110 valence electrons. The standard InChI is InChI=1S/C17H20N2O2/c1-2-21-16-9-15-8-14(16)11-19(15)17(20)7-12-3-5-13(10-18)6-4-12/h3-6,14-16H,2,7-9,11H2,1H3/t14?,15?,16-/m0/s1. The van der Waals surface area contributed by atoms with Crippen molar-refractivity contribution in [3.63, 3.8) is 0 Å². The number of amides is 1. The van der Waals surface area contributed by atoms with Gasteiger partial charge in [-0.2, -0.15) is 5.26 Å². The highest BCUT2D eigenvalue weighted by molar-refractivity contribution is 5.79.